The molecule has 0 aliphatic rings. The number of ether oxygens (including phenoxy) is 1. The van der Waals surface area contributed by atoms with Crippen LogP contribution in [0, 0.1) is 10.1 Å². The lowest BCUT2D eigenvalue weighted by molar-refractivity contribution is -0.384. The summed E-state index contributed by atoms with van der Waals surface area (Å²) >= 11 is 0. The van der Waals surface area contributed by atoms with E-state index < -0.39 is 10.9 Å². The molecule has 0 atom stereocenters. The molecular weight excluding hydrogens is 364 g/mol. The van der Waals surface area contributed by atoms with Crippen molar-refractivity contribution >= 4 is 23.8 Å². The smallest absolute Gasteiger partial charge is 0.343 e. The van der Waals surface area contributed by atoms with Gasteiger partial charge in [0.1, 0.15) is 11.4 Å². The number of H-pyrrole nitrogens is 1. The molecule has 0 aliphatic carbocycles. The summed E-state index contributed by atoms with van der Waals surface area (Å²) in [7, 11) is 0. The second-order valence-corrected chi connectivity index (χ2v) is 5.55. The average Bonchev–Trinajstić information content (AvgIpc) is 3.24. The summed E-state index contributed by atoms with van der Waals surface area (Å²) in [5.74, 6) is -0.809. The van der Waals surface area contributed by atoms with Crippen molar-refractivity contribution in [2.75, 3.05) is 0 Å². The zero-order chi connectivity index (χ0) is 19.9. The molecule has 0 aliphatic heterocycles. The zero-order valence-electron chi connectivity index (χ0n) is 14.4. The van der Waals surface area contributed by atoms with Crippen molar-refractivity contribution in [2.45, 2.75) is 0 Å². The Morgan fingerprint density at radius 1 is 1.11 bits per heavy atom. The molecule has 0 saturated carbocycles. The highest BCUT2D eigenvalue weighted by molar-refractivity contribution is 5.93. The Morgan fingerprint density at radius 3 is 2.57 bits per heavy atom. The highest BCUT2D eigenvalue weighted by Gasteiger charge is 2.13. The molecule has 9 heteroatoms. The molecule has 1 amide bonds. The summed E-state index contributed by atoms with van der Waals surface area (Å²) in [6.45, 7) is 0. The largest absolute Gasteiger partial charge is 0.423 e. The van der Waals surface area contributed by atoms with Crippen molar-refractivity contribution in [3.8, 4) is 5.75 Å². The number of hydrazone groups is 1. The van der Waals surface area contributed by atoms with E-state index in [0.29, 0.717) is 11.3 Å². The molecule has 0 saturated heterocycles. The number of carbonyl (C=O) groups excluding carboxylic acids is 2. The lowest BCUT2D eigenvalue weighted by Gasteiger charge is -2.04. The van der Waals surface area contributed by atoms with Crippen LogP contribution in [-0.2, 0) is 0 Å². The summed E-state index contributed by atoms with van der Waals surface area (Å²) < 4.78 is 5.20. The van der Waals surface area contributed by atoms with Gasteiger partial charge in [-0.25, -0.2) is 10.2 Å². The minimum atomic E-state index is -0.705. The van der Waals surface area contributed by atoms with E-state index in [9.17, 15) is 19.7 Å². The molecule has 1 heterocycles. The van der Waals surface area contributed by atoms with Crippen LogP contribution in [0.3, 0.4) is 0 Å². The molecule has 0 spiro atoms. The summed E-state index contributed by atoms with van der Waals surface area (Å²) in [6.07, 6.45) is 3.07. The number of benzene rings is 2. The lowest BCUT2D eigenvalue weighted by atomic mass is 10.2. The van der Waals surface area contributed by atoms with Gasteiger partial charge < -0.3 is 9.72 Å². The first-order valence-corrected chi connectivity index (χ1v) is 8.06. The van der Waals surface area contributed by atoms with Crippen LogP contribution in [0.4, 0.5) is 5.69 Å². The molecule has 0 fully saturated rings. The van der Waals surface area contributed by atoms with Crippen molar-refractivity contribution in [2.24, 2.45) is 5.10 Å². The average molecular weight is 378 g/mol. The quantitative estimate of drug-likeness (QED) is 0.224. The van der Waals surface area contributed by atoms with Crippen molar-refractivity contribution in [3.05, 3.63) is 93.8 Å². The third kappa shape index (κ3) is 4.67. The Hall–Kier alpha value is -4.27. The second kappa shape index (κ2) is 8.41. The number of esters is 1. The topological polar surface area (TPSA) is 127 Å². The molecule has 1 aromatic heterocycles. The number of hydrogen-bond acceptors (Lipinski definition) is 6. The summed E-state index contributed by atoms with van der Waals surface area (Å²) in [5, 5.41) is 14.6. The molecule has 2 aromatic carbocycles. The maximum atomic E-state index is 12.1. The van der Waals surface area contributed by atoms with Gasteiger partial charge in [-0.3, -0.25) is 14.9 Å². The van der Waals surface area contributed by atoms with Gasteiger partial charge >= 0.3 is 5.97 Å². The standard InChI is InChI=1S/C19H14N4O5/c24-18(17-5-2-10-20-17)22-21-12-13-6-8-16(9-7-13)28-19(25)14-3-1-4-15(11-14)23(26)27/h1-12,20H,(H,22,24)/b21-12-. The highest BCUT2D eigenvalue weighted by Crippen LogP contribution is 2.17. The third-order valence-electron chi connectivity index (χ3n) is 3.61. The number of aromatic amines is 1. The molecular formula is C19H14N4O5. The van der Waals surface area contributed by atoms with Crippen molar-refractivity contribution in [1.29, 1.82) is 0 Å². The van der Waals surface area contributed by atoms with Crippen LogP contribution in [0.5, 0.6) is 5.75 Å². The monoisotopic (exact) mass is 378 g/mol. The van der Waals surface area contributed by atoms with Crippen molar-refractivity contribution in [1.82, 2.24) is 10.4 Å². The summed E-state index contributed by atoms with van der Waals surface area (Å²) in [6, 6.07) is 15.0. The number of aromatic nitrogens is 1. The van der Waals surface area contributed by atoms with Gasteiger partial charge in [-0.2, -0.15) is 5.10 Å². The highest BCUT2D eigenvalue weighted by atomic mass is 16.6. The first-order chi connectivity index (χ1) is 13.5. The van der Waals surface area contributed by atoms with Gasteiger partial charge in [0.05, 0.1) is 16.7 Å². The van der Waals surface area contributed by atoms with Crippen molar-refractivity contribution < 1.29 is 19.2 Å². The fraction of sp³-hybridized carbons (Fsp3) is 0. The minimum absolute atomic E-state index is 0.0758. The molecule has 0 radical (unpaired) electrons. The second-order valence-electron chi connectivity index (χ2n) is 5.55. The summed E-state index contributed by atoms with van der Waals surface area (Å²) in [4.78, 5) is 36.8. The van der Waals surface area contributed by atoms with Gasteiger partial charge in [-0.1, -0.05) is 6.07 Å². The molecule has 3 aromatic rings. The van der Waals surface area contributed by atoms with E-state index >= 15 is 0 Å². The number of amides is 1. The van der Waals surface area contributed by atoms with Crippen LogP contribution in [0.25, 0.3) is 0 Å². The molecule has 140 valence electrons. The van der Waals surface area contributed by atoms with Crippen LogP contribution in [0.1, 0.15) is 26.4 Å². The molecule has 0 bridgehead atoms. The lowest BCUT2D eigenvalue weighted by Crippen LogP contribution is -2.17. The van der Waals surface area contributed by atoms with E-state index in [1.807, 2.05) is 0 Å². The van der Waals surface area contributed by atoms with Gasteiger partial charge in [-0.15, -0.1) is 0 Å². The van der Waals surface area contributed by atoms with E-state index in [0.717, 1.165) is 6.07 Å². The van der Waals surface area contributed by atoms with Crippen molar-refractivity contribution in [3.63, 3.8) is 0 Å². The zero-order valence-corrected chi connectivity index (χ0v) is 14.4. The maximum absolute atomic E-state index is 12.1. The SMILES string of the molecule is O=C(Oc1ccc(/C=N\NC(=O)c2ccc[nH]2)cc1)c1cccc([N+](=O)[O-])c1. The number of nitro benzene ring substituents is 1. The Kier molecular flexibility index (Phi) is 5.56. The van der Waals surface area contributed by atoms with Gasteiger partial charge in [0.25, 0.3) is 11.6 Å². The maximum Gasteiger partial charge on any atom is 0.343 e. The normalized spacial score (nSPS) is 10.6. The molecule has 9 nitrogen and oxygen atoms in total. The summed E-state index contributed by atoms with van der Waals surface area (Å²) in [5.41, 5.74) is 3.32. The Balaban J connectivity index is 1.59. The van der Waals surface area contributed by atoms with E-state index in [1.165, 1.54) is 24.4 Å². The minimum Gasteiger partial charge on any atom is -0.423 e. The fourth-order valence-electron chi connectivity index (χ4n) is 2.23. The van der Waals surface area contributed by atoms with Crippen LogP contribution in [-0.4, -0.2) is 28.0 Å². The van der Waals surface area contributed by atoms with Gasteiger partial charge in [0, 0.05) is 18.3 Å². The third-order valence-corrected chi connectivity index (χ3v) is 3.61. The van der Waals surface area contributed by atoms with Crippen LogP contribution >= 0.6 is 0 Å². The predicted octanol–water partition coefficient (Wildman–Crippen LogP) is 2.91. The number of nitrogens with one attached hydrogen (secondary N) is 2. The Bertz CT molecular complexity index is 1030. The van der Waals surface area contributed by atoms with Crippen LogP contribution < -0.4 is 10.2 Å². The number of non-ortho nitro benzene ring substituents is 1. The predicted molar refractivity (Wildman–Crippen MR) is 100 cm³/mol. The number of hydrogen-bond donors (Lipinski definition) is 2. The Morgan fingerprint density at radius 2 is 1.89 bits per heavy atom. The molecule has 28 heavy (non-hydrogen) atoms. The first-order valence-electron chi connectivity index (χ1n) is 8.06. The van der Waals surface area contributed by atoms with Gasteiger partial charge in [-0.05, 0) is 48.0 Å². The molecule has 2 N–H and O–H groups in total. The van der Waals surface area contributed by atoms with E-state index in [4.69, 9.17) is 4.74 Å². The van der Waals surface area contributed by atoms with Gasteiger partial charge in [0.15, 0.2) is 0 Å². The first kappa shape index (κ1) is 18.5. The Labute approximate surface area is 158 Å². The fourth-order valence-corrected chi connectivity index (χ4v) is 2.23. The van der Waals surface area contributed by atoms with Crippen LogP contribution in [0.15, 0.2) is 72.0 Å². The number of nitro groups is 1. The number of carbonyl (C=O) groups is 2. The van der Waals surface area contributed by atoms with E-state index in [-0.39, 0.29) is 22.9 Å². The van der Waals surface area contributed by atoms with Crippen LogP contribution in [0.2, 0.25) is 0 Å². The van der Waals surface area contributed by atoms with E-state index in [2.05, 4.69) is 15.5 Å². The molecule has 0 unspecified atom stereocenters. The molecule has 3 rings (SSSR count). The van der Waals surface area contributed by atoms with E-state index in [1.54, 1.807) is 42.6 Å². The number of rotatable bonds is 6. The van der Waals surface area contributed by atoms with Gasteiger partial charge in [0.2, 0.25) is 0 Å². The number of nitrogens with zero attached hydrogens (tertiary/aromatic N) is 2.